The number of hydrogen-bond acceptors (Lipinski definition) is 4. The Morgan fingerprint density at radius 2 is 1.58 bits per heavy atom. The largest absolute Gasteiger partial charge is 0.459 e. The average Bonchev–Trinajstić information content (AvgIpc) is 3.31. The normalized spacial score (nSPS) is 11.0. The molecule has 0 spiro atoms. The van der Waals surface area contributed by atoms with Gasteiger partial charge in [0, 0.05) is 29.9 Å². The molecule has 3 N–H and O–H groups in total. The van der Waals surface area contributed by atoms with Gasteiger partial charge in [-0.15, -0.1) is 0 Å². The van der Waals surface area contributed by atoms with Gasteiger partial charge in [0.15, 0.2) is 5.76 Å². The molecule has 0 saturated heterocycles. The number of rotatable bonds is 8. The molecule has 0 radical (unpaired) electrons. The molecule has 3 rings (SSSR count). The Balaban J connectivity index is 1.50. The summed E-state index contributed by atoms with van der Waals surface area (Å²) >= 11 is 0. The standard InChI is InChI=1S/C23H20F3N3O4/c24-23(25,26)16-6-2-8-18(14-16)29-21(31)15-5-1-7-17(13-15)28-20(30)10-3-11-27-22(32)19-9-4-12-33-19/h1-2,4-9,12-14H,3,10-11H2,(H,27,32)(H,28,30)(H,29,31). The predicted molar refractivity (Wildman–Crippen MR) is 115 cm³/mol. The van der Waals surface area contributed by atoms with Crippen LogP contribution in [0.25, 0.3) is 0 Å². The number of halogens is 3. The second-order valence-corrected chi connectivity index (χ2v) is 7.00. The van der Waals surface area contributed by atoms with Crippen molar-refractivity contribution in [3.8, 4) is 0 Å². The molecule has 0 aliphatic rings. The van der Waals surface area contributed by atoms with Crippen LogP contribution in [0.4, 0.5) is 24.5 Å². The Morgan fingerprint density at radius 1 is 0.848 bits per heavy atom. The van der Waals surface area contributed by atoms with E-state index in [1.54, 1.807) is 18.2 Å². The zero-order valence-corrected chi connectivity index (χ0v) is 17.2. The van der Waals surface area contributed by atoms with Crippen molar-refractivity contribution >= 4 is 29.1 Å². The summed E-state index contributed by atoms with van der Waals surface area (Å²) in [5.41, 5.74) is -0.352. The number of hydrogen-bond donors (Lipinski definition) is 3. The predicted octanol–water partition coefficient (Wildman–Crippen LogP) is 4.70. The second kappa shape index (κ2) is 10.5. The molecule has 3 aromatic rings. The Hall–Kier alpha value is -4.08. The average molecular weight is 459 g/mol. The fraction of sp³-hybridized carbons (Fsp3) is 0.174. The Labute approximate surface area is 187 Å². The molecule has 1 heterocycles. The Kier molecular flexibility index (Phi) is 7.50. The minimum absolute atomic E-state index is 0.000796. The maximum atomic E-state index is 12.8. The molecular weight excluding hydrogens is 439 g/mol. The van der Waals surface area contributed by atoms with Crippen LogP contribution in [0.5, 0.6) is 0 Å². The van der Waals surface area contributed by atoms with Gasteiger partial charge in [0.05, 0.1) is 11.8 Å². The zero-order valence-electron chi connectivity index (χ0n) is 17.2. The topological polar surface area (TPSA) is 100 Å². The lowest BCUT2D eigenvalue weighted by Crippen LogP contribution is -2.25. The molecule has 0 aliphatic heterocycles. The number of amides is 3. The summed E-state index contributed by atoms with van der Waals surface area (Å²) < 4.78 is 43.5. The van der Waals surface area contributed by atoms with Gasteiger partial charge < -0.3 is 20.4 Å². The molecule has 172 valence electrons. The third kappa shape index (κ3) is 6.96. The molecular formula is C23H20F3N3O4. The van der Waals surface area contributed by atoms with E-state index in [-0.39, 0.29) is 41.8 Å². The third-order valence-electron chi connectivity index (χ3n) is 4.47. The summed E-state index contributed by atoms with van der Waals surface area (Å²) in [4.78, 5) is 36.3. The molecule has 0 bridgehead atoms. The van der Waals surface area contributed by atoms with Crippen molar-refractivity contribution in [2.75, 3.05) is 17.2 Å². The van der Waals surface area contributed by atoms with Crippen molar-refractivity contribution in [1.82, 2.24) is 5.32 Å². The lowest BCUT2D eigenvalue weighted by molar-refractivity contribution is -0.137. The highest BCUT2D eigenvalue weighted by Crippen LogP contribution is 2.30. The van der Waals surface area contributed by atoms with Crippen LogP contribution in [0.15, 0.2) is 71.3 Å². The van der Waals surface area contributed by atoms with Gasteiger partial charge in [0.25, 0.3) is 11.8 Å². The third-order valence-corrected chi connectivity index (χ3v) is 4.47. The lowest BCUT2D eigenvalue weighted by atomic mass is 10.1. The molecule has 0 saturated carbocycles. The highest BCUT2D eigenvalue weighted by atomic mass is 19.4. The van der Waals surface area contributed by atoms with Gasteiger partial charge in [-0.05, 0) is 55.0 Å². The van der Waals surface area contributed by atoms with Crippen molar-refractivity contribution in [3.63, 3.8) is 0 Å². The number of furan rings is 1. The molecule has 33 heavy (non-hydrogen) atoms. The maximum Gasteiger partial charge on any atom is 0.416 e. The summed E-state index contributed by atoms with van der Waals surface area (Å²) in [5, 5.41) is 7.69. The summed E-state index contributed by atoms with van der Waals surface area (Å²) in [6.45, 7) is 0.270. The van der Waals surface area contributed by atoms with Crippen LogP contribution < -0.4 is 16.0 Å². The van der Waals surface area contributed by atoms with E-state index in [2.05, 4.69) is 16.0 Å². The highest BCUT2D eigenvalue weighted by molar-refractivity contribution is 6.05. The first-order chi connectivity index (χ1) is 15.7. The number of alkyl halides is 3. The van der Waals surface area contributed by atoms with E-state index in [1.807, 2.05) is 0 Å². The summed E-state index contributed by atoms with van der Waals surface area (Å²) in [6.07, 6.45) is -2.63. The smallest absolute Gasteiger partial charge is 0.416 e. The number of carbonyl (C=O) groups excluding carboxylic acids is 3. The van der Waals surface area contributed by atoms with Crippen LogP contribution in [0.3, 0.4) is 0 Å². The molecule has 7 nitrogen and oxygen atoms in total. The fourth-order valence-electron chi connectivity index (χ4n) is 2.88. The summed E-state index contributed by atoms with van der Waals surface area (Å²) in [5.74, 6) is -1.14. The van der Waals surface area contributed by atoms with E-state index >= 15 is 0 Å². The fourth-order valence-corrected chi connectivity index (χ4v) is 2.88. The monoisotopic (exact) mass is 459 g/mol. The first-order valence-corrected chi connectivity index (χ1v) is 9.92. The van der Waals surface area contributed by atoms with E-state index in [4.69, 9.17) is 4.42 Å². The van der Waals surface area contributed by atoms with Crippen molar-refractivity contribution in [2.45, 2.75) is 19.0 Å². The zero-order chi connectivity index (χ0) is 23.8. The molecule has 0 fully saturated rings. The van der Waals surface area contributed by atoms with Crippen LogP contribution in [0.1, 0.15) is 39.3 Å². The SMILES string of the molecule is O=C(CCCNC(=O)c1ccco1)Nc1cccc(C(=O)Nc2cccc(C(F)(F)F)c2)c1. The number of anilines is 2. The van der Waals surface area contributed by atoms with E-state index in [0.29, 0.717) is 12.1 Å². The van der Waals surface area contributed by atoms with Crippen molar-refractivity contribution in [2.24, 2.45) is 0 Å². The minimum Gasteiger partial charge on any atom is -0.459 e. The van der Waals surface area contributed by atoms with Crippen LogP contribution in [0, 0.1) is 0 Å². The maximum absolute atomic E-state index is 12.8. The quantitative estimate of drug-likeness (QED) is 0.425. The Morgan fingerprint density at radius 3 is 2.27 bits per heavy atom. The van der Waals surface area contributed by atoms with Gasteiger partial charge >= 0.3 is 6.18 Å². The van der Waals surface area contributed by atoms with Crippen molar-refractivity contribution in [1.29, 1.82) is 0 Å². The number of nitrogens with one attached hydrogen (secondary N) is 3. The lowest BCUT2D eigenvalue weighted by Gasteiger charge is -2.11. The number of carbonyl (C=O) groups is 3. The van der Waals surface area contributed by atoms with Gasteiger partial charge in [-0.2, -0.15) is 13.2 Å². The van der Waals surface area contributed by atoms with E-state index in [0.717, 1.165) is 12.1 Å². The first-order valence-electron chi connectivity index (χ1n) is 9.92. The van der Waals surface area contributed by atoms with Gasteiger partial charge in [-0.1, -0.05) is 12.1 Å². The van der Waals surface area contributed by atoms with Gasteiger partial charge in [-0.3, -0.25) is 14.4 Å². The molecule has 0 aliphatic carbocycles. The van der Waals surface area contributed by atoms with Crippen LogP contribution >= 0.6 is 0 Å². The van der Waals surface area contributed by atoms with Crippen molar-refractivity contribution < 1.29 is 32.0 Å². The molecule has 3 amide bonds. The van der Waals surface area contributed by atoms with Gasteiger partial charge in [-0.25, -0.2) is 0 Å². The Bertz CT molecular complexity index is 1130. The van der Waals surface area contributed by atoms with E-state index in [1.165, 1.54) is 36.6 Å². The van der Waals surface area contributed by atoms with Gasteiger partial charge in [0.2, 0.25) is 5.91 Å². The number of benzene rings is 2. The molecule has 2 aromatic carbocycles. The molecule has 1 aromatic heterocycles. The minimum atomic E-state index is -4.52. The second-order valence-electron chi connectivity index (χ2n) is 7.00. The summed E-state index contributed by atoms with van der Waals surface area (Å²) in [6, 6.07) is 13.4. The molecule has 0 unspecified atom stereocenters. The first kappa shape index (κ1) is 23.6. The van der Waals surface area contributed by atoms with Crippen LogP contribution in [-0.2, 0) is 11.0 Å². The van der Waals surface area contributed by atoms with Crippen LogP contribution in [-0.4, -0.2) is 24.3 Å². The molecule has 0 atom stereocenters. The molecule has 10 heteroatoms. The van der Waals surface area contributed by atoms with Gasteiger partial charge in [0.1, 0.15) is 0 Å². The highest BCUT2D eigenvalue weighted by Gasteiger charge is 2.30. The van der Waals surface area contributed by atoms with E-state index < -0.39 is 17.6 Å². The summed E-state index contributed by atoms with van der Waals surface area (Å²) in [7, 11) is 0. The van der Waals surface area contributed by atoms with E-state index in [9.17, 15) is 27.6 Å². The van der Waals surface area contributed by atoms with Crippen LogP contribution in [0.2, 0.25) is 0 Å². The van der Waals surface area contributed by atoms with Crippen molar-refractivity contribution in [3.05, 3.63) is 83.8 Å².